The van der Waals surface area contributed by atoms with Gasteiger partial charge in [-0.2, -0.15) is 0 Å². The van der Waals surface area contributed by atoms with Gasteiger partial charge in [0, 0.05) is 17.2 Å². The third-order valence-corrected chi connectivity index (χ3v) is 6.62. The van der Waals surface area contributed by atoms with Gasteiger partial charge in [-0.1, -0.05) is 0 Å². The molecule has 4 heterocycles. The summed E-state index contributed by atoms with van der Waals surface area (Å²) < 4.78 is 0. The van der Waals surface area contributed by atoms with Gasteiger partial charge in [-0.3, -0.25) is 14.7 Å². The number of aliphatic hydroxyl groups excluding tert-OH is 1. The van der Waals surface area contributed by atoms with Crippen LogP contribution in [0.2, 0.25) is 0 Å². The molecule has 4 rings (SSSR count). The molecule has 1 fully saturated rings. The molecule has 1 amide bonds. The number of β-lactam (4-membered cyclic amide) rings is 1. The highest BCUT2D eigenvalue weighted by atomic mass is 32.2. The Kier molecular flexibility index (Phi) is 4.47. The SMILES string of the molecule is CC1=NC2=CN(CO)NN2C(SCC2=C(C(=O)O)N3C(=O)C[C@H]3SC2)=C1. The van der Waals surface area contributed by atoms with E-state index in [4.69, 9.17) is 0 Å². The molecule has 26 heavy (non-hydrogen) atoms. The minimum absolute atomic E-state index is 0.0430. The van der Waals surface area contributed by atoms with Crippen molar-refractivity contribution in [2.45, 2.75) is 18.7 Å². The van der Waals surface area contributed by atoms with Crippen LogP contribution in [0.1, 0.15) is 13.3 Å². The number of hydrazine groups is 2. The van der Waals surface area contributed by atoms with E-state index in [1.54, 1.807) is 23.0 Å². The summed E-state index contributed by atoms with van der Waals surface area (Å²) in [6.45, 7) is 1.68. The van der Waals surface area contributed by atoms with Gasteiger partial charge < -0.3 is 10.2 Å². The molecular weight excluding hydrogens is 378 g/mol. The van der Waals surface area contributed by atoms with Crippen molar-refractivity contribution < 1.29 is 19.8 Å². The number of carboxylic acids is 1. The lowest BCUT2D eigenvalue weighted by molar-refractivity contribution is -0.146. The maximum absolute atomic E-state index is 11.8. The van der Waals surface area contributed by atoms with Crippen LogP contribution in [0.4, 0.5) is 0 Å². The van der Waals surface area contributed by atoms with Crippen molar-refractivity contribution in [3.8, 4) is 0 Å². The summed E-state index contributed by atoms with van der Waals surface area (Å²) in [6.07, 6.45) is 3.99. The summed E-state index contributed by atoms with van der Waals surface area (Å²) in [6, 6.07) is 0. The Morgan fingerprint density at radius 3 is 3.04 bits per heavy atom. The van der Waals surface area contributed by atoms with E-state index in [2.05, 4.69) is 10.5 Å². The van der Waals surface area contributed by atoms with E-state index in [1.807, 2.05) is 13.0 Å². The van der Waals surface area contributed by atoms with E-state index < -0.39 is 5.97 Å². The normalized spacial score (nSPS) is 24.7. The maximum Gasteiger partial charge on any atom is 0.352 e. The predicted octanol–water partition coefficient (Wildman–Crippen LogP) is 0.465. The second-order valence-electron chi connectivity index (χ2n) is 6.05. The van der Waals surface area contributed by atoms with Gasteiger partial charge in [0.2, 0.25) is 5.91 Å². The van der Waals surface area contributed by atoms with Gasteiger partial charge in [-0.25, -0.2) is 14.8 Å². The Morgan fingerprint density at radius 1 is 1.54 bits per heavy atom. The van der Waals surface area contributed by atoms with Crippen molar-refractivity contribution in [1.29, 1.82) is 0 Å². The summed E-state index contributed by atoms with van der Waals surface area (Å²) >= 11 is 3.07. The van der Waals surface area contributed by atoms with Crippen LogP contribution >= 0.6 is 23.5 Å². The highest BCUT2D eigenvalue weighted by molar-refractivity contribution is 8.03. The van der Waals surface area contributed by atoms with Gasteiger partial charge >= 0.3 is 5.97 Å². The largest absolute Gasteiger partial charge is 0.477 e. The minimum atomic E-state index is -1.05. The third kappa shape index (κ3) is 2.90. The Labute approximate surface area is 158 Å². The molecule has 0 aliphatic carbocycles. The highest BCUT2D eigenvalue weighted by Crippen LogP contribution is 2.41. The molecule has 138 valence electrons. The van der Waals surface area contributed by atoms with Crippen molar-refractivity contribution in [3.63, 3.8) is 0 Å². The molecule has 0 saturated carbocycles. The number of amides is 1. The number of rotatable bonds is 5. The lowest BCUT2D eigenvalue weighted by Crippen LogP contribution is -2.54. The van der Waals surface area contributed by atoms with Crippen LogP contribution in [0.3, 0.4) is 0 Å². The standard InChI is InChI=1S/C15H17N5O4S2/c1-8-2-13(20-10(16-8)4-18(7-21)17-20)26-6-9-5-25-12-3-11(22)19(12)14(9)15(23)24/h2,4,12,17,21H,3,5-7H2,1H3,(H,23,24)/t12-/m1/s1. The maximum atomic E-state index is 11.8. The molecule has 0 aromatic rings. The number of nitrogens with zero attached hydrogens (tertiary/aromatic N) is 4. The zero-order chi connectivity index (χ0) is 18.4. The number of thioether (sulfide) groups is 2. The number of hydrogen-bond donors (Lipinski definition) is 3. The van der Waals surface area contributed by atoms with Crippen LogP contribution in [0, 0.1) is 0 Å². The number of aliphatic hydroxyl groups is 1. The Balaban J connectivity index is 1.54. The molecular formula is C15H17N5O4S2. The van der Waals surface area contributed by atoms with Crippen LogP contribution in [-0.4, -0.2) is 66.3 Å². The molecule has 4 aliphatic heterocycles. The number of fused-ring (bicyclic) bond motifs is 2. The molecule has 3 N–H and O–H groups in total. The fourth-order valence-corrected chi connectivity index (χ4v) is 5.50. The van der Waals surface area contributed by atoms with Crippen molar-refractivity contribution in [2.75, 3.05) is 18.2 Å². The lowest BCUT2D eigenvalue weighted by atomic mass is 10.1. The predicted molar refractivity (Wildman–Crippen MR) is 98.0 cm³/mol. The number of nitrogens with one attached hydrogen (secondary N) is 1. The molecule has 0 spiro atoms. The number of carbonyl (C=O) groups excluding carboxylic acids is 1. The summed E-state index contributed by atoms with van der Waals surface area (Å²) in [5.41, 5.74) is 4.68. The van der Waals surface area contributed by atoms with Gasteiger partial charge in [0.1, 0.15) is 12.4 Å². The van der Waals surface area contributed by atoms with Crippen molar-refractivity contribution in [1.82, 2.24) is 20.5 Å². The number of carbonyl (C=O) groups is 2. The average molecular weight is 395 g/mol. The zero-order valence-corrected chi connectivity index (χ0v) is 15.5. The van der Waals surface area contributed by atoms with E-state index in [9.17, 15) is 19.8 Å². The fourth-order valence-electron chi connectivity index (χ4n) is 3.03. The summed E-state index contributed by atoms with van der Waals surface area (Å²) in [5, 5.41) is 22.9. The molecule has 4 aliphatic rings. The van der Waals surface area contributed by atoms with E-state index in [-0.39, 0.29) is 23.7 Å². The van der Waals surface area contributed by atoms with Crippen LogP contribution in [-0.2, 0) is 9.59 Å². The quantitative estimate of drug-likeness (QED) is 0.572. The van der Waals surface area contributed by atoms with Crippen molar-refractivity contribution in [3.05, 3.63) is 34.4 Å². The molecule has 0 unspecified atom stereocenters. The van der Waals surface area contributed by atoms with Gasteiger partial charge in [0.05, 0.1) is 23.0 Å². The Hall–Kier alpha value is -1.95. The monoisotopic (exact) mass is 395 g/mol. The number of aliphatic imine (C=N–C) groups is 1. The van der Waals surface area contributed by atoms with Crippen molar-refractivity contribution in [2.24, 2.45) is 4.99 Å². The number of hydrogen-bond acceptors (Lipinski definition) is 9. The topological polar surface area (TPSA) is 109 Å². The first-order valence-corrected chi connectivity index (χ1v) is 9.96. The molecule has 0 aromatic heterocycles. The van der Waals surface area contributed by atoms with Gasteiger partial charge in [-0.15, -0.1) is 29.1 Å². The fraction of sp³-hybridized carbons (Fsp3) is 0.400. The van der Waals surface area contributed by atoms with Gasteiger partial charge in [0.25, 0.3) is 0 Å². The Bertz CT molecular complexity index is 806. The molecule has 11 heteroatoms. The Morgan fingerprint density at radius 2 is 2.35 bits per heavy atom. The summed E-state index contributed by atoms with van der Waals surface area (Å²) in [4.78, 5) is 29.3. The third-order valence-electron chi connectivity index (χ3n) is 4.25. The first-order chi connectivity index (χ1) is 12.5. The van der Waals surface area contributed by atoms with Crippen LogP contribution in [0.15, 0.2) is 39.4 Å². The molecule has 0 bridgehead atoms. The first-order valence-electron chi connectivity index (χ1n) is 7.92. The zero-order valence-electron chi connectivity index (χ0n) is 13.9. The molecule has 1 saturated heterocycles. The smallest absolute Gasteiger partial charge is 0.352 e. The number of carboxylic acid groups (broad SMARTS) is 1. The second kappa shape index (κ2) is 6.65. The summed E-state index contributed by atoms with van der Waals surface area (Å²) in [7, 11) is 0. The van der Waals surface area contributed by atoms with E-state index in [0.717, 1.165) is 16.3 Å². The van der Waals surface area contributed by atoms with Crippen molar-refractivity contribution >= 4 is 41.1 Å². The first kappa shape index (κ1) is 17.5. The minimum Gasteiger partial charge on any atom is -0.477 e. The molecule has 0 aromatic carbocycles. The van der Waals surface area contributed by atoms with Gasteiger partial charge in [0.15, 0.2) is 5.82 Å². The average Bonchev–Trinajstić information content (AvgIpc) is 3.01. The molecule has 0 radical (unpaired) electrons. The molecule has 1 atom stereocenters. The molecule has 9 nitrogen and oxygen atoms in total. The second-order valence-corrected chi connectivity index (χ2v) is 8.21. The van der Waals surface area contributed by atoms with Crippen LogP contribution in [0.25, 0.3) is 0 Å². The van der Waals surface area contributed by atoms with Crippen LogP contribution in [0.5, 0.6) is 0 Å². The van der Waals surface area contributed by atoms with E-state index in [0.29, 0.717) is 23.7 Å². The van der Waals surface area contributed by atoms with Gasteiger partial charge in [-0.05, 0) is 18.6 Å². The van der Waals surface area contributed by atoms with Crippen LogP contribution < -0.4 is 5.53 Å². The number of allylic oxidation sites excluding steroid dienone is 1. The summed E-state index contributed by atoms with van der Waals surface area (Å²) in [5.74, 6) is 0.523. The highest BCUT2D eigenvalue weighted by Gasteiger charge is 2.45. The van der Waals surface area contributed by atoms with E-state index in [1.165, 1.54) is 21.7 Å². The lowest BCUT2D eigenvalue weighted by Gasteiger charge is -2.44. The number of aliphatic carboxylic acids is 1. The van der Waals surface area contributed by atoms with E-state index >= 15 is 0 Å².